The number of aliphatic hydroxyl groups excluding tert-OH is 1. The van der Waals surface area contributed by atoms with Crippen molar-refractivity contribution in [2.45, 2.75) is 26.3 Å². The van der Waals surface area contributed by atoms with E-state index in [1.807, 2.05) is 6.92 Å². The number of hydrogen-bond donors (Lipinski definition) is 3. The largest absolute Gasteiger partial charge is 0.384 e. The number of rotatable bonds is 3. The van der Waals surface area contributed by atoms with Crippen molar-refractivity contribution in [2.24, 2.45) is 5.73 Å². The molecule has 0 spiro atoms. The van der Waals surface area contributed by atoms with Crippen LogP contribution < -0.4 is 11.1 Å². The predicted molar refractivity (Wildman–Crippen MR) is 73.8 cm³/mol. The highest BCUT2D eigenvalue weighted by molar-refractivity contribution is 7.14. The number of hydrogen-bond acceptors (Lipinski definition) is 4. The van der Waals surface area contributed by atoms with E-state index in [4.69, 9.17) is 10.8 Å². The van der Waals surface area contributed by atoms with Gasteiger partial charge >= 0.3 is 0 Å². The number of carbonyl (C=O) groups excluding carboxylic acids is 2. The van der Waals surface area contributed by atoms with Gasteiger partial charge in [-0.2, -0.15) is 0 Å². The highest BCUT2D eigenvalue weighted by atomic mass is 32.1. The summed E-state index contributed by atoms with van der Waals surface area (Å²) in [5.41, 5.74) is 4.95. The minimum atomic E-state index is -1.11. The van der Waals surface area contributed by atoms with E-state index in [2.05, 4.69) is 17.2 Å². The Morgan fingerprint density at radius 2 is 2.16 bits per heavy atom. The molecule has 19 heavy (non-hydrogen) atoms. The molecule has 1 aromatic rings. The van der Waals surface area contributed by atoms with Gasteiger partial charge in [-0.05, 0) is 32.4 Å². The van der Waals surface area contributed by atoms with Crippen LogP contribution in [0.3, 0.4) is 0 Å². The molecule has 1 aromatic heterocycles. The van der Waals surface area contributed by atoms with Gasteiger partial charge in [-0.3, -0.25) is 9.59 Å². The van der Waals surface area contributed by atoms with Gasteiger partial charge in [-0.1, -0.05) is 11.8 Å². The van der Waals surface area contributed by atoms with Gasteiger partial charge in [0, 0.05) is 0 Å². The van der Waals surface area contributed by atoms with Crippen LogP contribution in [0.15, 0.2) is 6.07 Å². The van der Waals surface area contributed by atoms with Crippen LogP contribution in [-0.2, 0) is 4.79 Å². The average molecular weight is 280 g/mol. The van der Waals surface area contributed by atoms with E-state index in [0.29, 0.717) is 4.88 Å². The van der Waals surface area contributed by atoms with Gasteiger partial charge in [-0.15, -0.1) is 11.3 Å². The van der Waals surface area contributed by atoms with E-state index < -0.39 is 11.4 Å². The summed E-state index contributed by atoms with van der Waals surface area (Å²) in [6.07, 6.45) is 0. The van der Waals surface area contributed by atoms with E-state index in [1.165, 1.54) is 11.3 Å². The minimum absolute atomic E-state index is 0.229. The molecular weight excluding hydrogens is 264 g/mol. The Labute approximate surface area is 115 Å². The Morgan fingerprint density at radius 1 is 1.53 bits per heavy atom. The monoisotopic (exact) mass is 280 g/mol. The van der Waals surface area contributed by atoms with E-state index in [0.717, 1.165) is 10.4 Å². The van der Waals surface area contributed by atoms with Crippen molar-refractivity contribution in [3.8, 4) is 11.8 Å². The second-order valence-corrected chi connectivity index (χ2v) is 5.58. The SMILES string of the molecule is Cc1cc(C(=O)NC(C)(C)C(N)=O)sc1C#CCO. The first-order valence-corrected chi connectivity index (χ1v) is 6.42. The number of nitrogens with two attached hydrogens (primary N) is 1. The van der Waals surface area contributed by atoms with Crippen molar-refractivity contribution >= 4 is 23.2 Å². The number of carbonyl (C=O) groups is 2. The van der Waals surface area contributed by atoms with Gasteiger partial charge < -0.3 is 16.2 Å². The third-order valence-corrected chi connectivity index (χ3v) is 3.62. The molecule has 2 amide bonds. The van der Waals surface area contributed by atoms with Crippen LogP contribution in [0, 0.1) is 18.8 Å². The van der Waals surface area contributed by atoms with Crippen molar-refractivity contribution in [3.05, 3.63) is 21.4 Å². The molecule has 0 aliphatic rings. The van der Waals surface area contributed by atoms with Crippen LogP contribution in [-0.4, -0.2) is 29.1 Å². The summed E-state index contributed by atoms with van der Waals surface area (Å²) in [7, 11) is 0. The Hall–Kier alpha value is -1.84. The van der Waals surface area contributed by atoms with Crippen molar-refractivity contribution in [2.75, 3.05) is 6.61 Å². The fourth-order valence-corrected chi connectivity index (χ4v) is 2.19. The Bertz CT molecular complexity index is 564. The van der Waals surface area contributed by atoms with E-state index in [9.17, 15) is 9.59 Å². The summed E-state index contributed by atoms with van der Waals surface area (Å²) in [5.74, 6) is 4.34. The van der Waals surface area contributed by atoms with E-state index in [1.54, 1.807) is 19.9 Å². The number of thiophene rings is 1. The maximum absolute atomic E-state index is 12.0. The zero-order chi connectivity index (χ0) is 14.6. The molecule has 0 atom stereocenters. The number of amides is 2. The Kier molecular flexibility index (Phi) is 4.70. The van der Waals surface area contributed by atoms with Gasteiger partial charge in [0.25, 0.3) is 5.91 Å². The molecule has 0 saturated heterocycles. The lowest BCUT2D eigenvalue weighted by Crippen LogP contribution is -2.52. The lowest BCUT2D eigenvalue weighted by Gasteiger charge is -2.21. The number of primary amides is 1. The van der Waals surface area contributed by atoms with Crippen molar-refractivity contribution in [1.29, 1.82) is 0 Å². The van der Waals surface area contributed by atoms with Crippen molar-refractivity contribution in [3.63, 3.8) is 0 Å². The molecule has 1 rings (SSSR count). The Balaban J connectivity index is 2.93. The molecule has 0 aliphatic heterocycles. The fourth-order valence-electron chi connectivity index (χ4n) is 1.24. The maximum Gasteiger partial charge on any atom is 0.262 e. The summed E-state index contributed by atoms with van der Waals surface area (Å²) in [4.78, 5) is 24.3. The lowest BCUT2D eigenvalue weighted by atomic mass is 10.1. The third kappa shape index (κ3) is 3.81. The van der Waals surface area contributed by atoms with Crippen LogP contribution >= 0.6 is 11.3 Å². The second-order valence-electron chi connectivity index (χ2n) is 4.53. The highest BCUT2D eigenvalue weighted by Gasteiger charge is 2.28. The van der Waals surface area contributed by atoms with Crippen molar-refractivity contribution < 1.29 is 14.7 Å². The van der Waals surface area contributed by atoms with Gasteiger partial charge in [0.2, 0.25) is 5.91 Å². The summed E-state index contributed by atoms with van der Waals surface area (Å²) in [6.45, 7) is 4.68. The van der Waals surface area contributed by atoms with Crippen LogP contribution in [0.2, 0.25) is 0 Å². The van der Waals surface area contributed by atoms with Crippen LogP contribution in [0.1, 0.15) is 34.0 Å². The standard InChI is InChI=1S/C13H16N2O3S/c1-8-7-10(19-9(8)5-4-6-16)11(17)15-13(2,3)12(14)18/h7,16H,6H2,1-3H3,(H2,14,18)(H,15,17). The molecule has 6 heteroatoms. The third-order valence-electron chi connectivity index (χ3n) is 2.46. The molecule has 0 unspecified atom stereocenters. The molecule has 0 saturated carbocycles. The normalized spacial score (nSPS) is 10.5. The quantitative estimate of drug-likeness (QED) is 0.699. The fraction of sp³-hybridized carbons (Fsp3) is 0.385. The zero-order valence-electron chi connectivity index (χ0n) is 11.0. The van der Waals surface area contributed by atoms with Crippen LogP contribution in [0.25, 0.3) is 0 Å². The van der Waals surface area contributed by atoms with Crippen LogP contribution in [0.5, 0.6) is 0 Å². The zero-order valence-corrected chi connectivity index (χ0v) is 11.9. The number of aliphatic hydroxyl groups is 1. The van der Waals surface area contributed by atoms with Crippen molar-refractivity contribution in [1.82, 2.24) is 5.32 Å². The second kappa shape index (κ2) is 5.87. The smallest absolute Gasteiger partial charge is 0.262 e. The molecule has 5 nitrogen and oxygen atoms in total. The van der Waals surface area contributed by atoms with Gasteiger partial charge in [0.05, 0.1) is 9.75 Å². The molecule has 0 aliphatic carbocycles. The average Bonchev–Trinajstić information content (AvgIpc) is 2.67. The Morgan fingerprint density at radius 3 is 2.68 bits per heavy atom. The summed E-state index contributed by atoms with van der Waals surface area (Å²) in [5, 5.41) is 11.2. The van der Waals surface area contributed by atoms with Gasteiger partial charge in [0.1, 0.15) is 12.1 Å². The molecule has 0 radical (unpaired) electrons. The topological polar surface area (TPSA) is 92.4 Å². The first-order valence-electron chi connectivity index (χ1n) is 5.60. The molecular formula is C13H16N2O3S. The molecule has 1 heterocycles. The number of aryl methyl sites for hydroxylation is 1. The molecule has 0 aromatic carbocycles. The first kappa shape index (κ1) is 15.2. The minimum Gasteiger partial charge on any atom is -0.384 e. The van der Waals surface area contributed by atoms with Crippen LogP contribution in [0.4, 0.5) is 0 Å². The molecule has 0 fully saturated rings. The molecule has 0 bridgehead atoms. The lowest BCUT2D eigenvalue weighted by molar-refractivity contribution is -0.122. The van der Waals surface area contributed by atoms with Gasteiger partial charge in [-0.25, -0.2) is 0 Å². The van der Waals surface area contributed by atoms with Gasteiger partial charge in [0.15, 0.2) is 0 Å². The molecule has 4 N–H and O–H groups in total. The highest BCUT2D eigenvalue weighted by Crippen LogP contribution is 2.21. The van der Waals surface area contributed by atoms with E-state index in [-0.39, 0.29) is 12.5 Å². The summed E-state index contributed by atoms with van der Waals surface area (Å²) in [6, 6.07) is 1.69. The van der Waals surface area contributed by atoms with E-state index >= 15 is 0 Å². The predicted octanol–water partition coefficient (Wildman–Crippen LogP) is 0.394. The summed E-state index contributed by atoms with van der Waals surface area (Å²) >= 11 is 1.21. The first-order chi connectivity index (χ1) is 8.77. The number of nitrogens with one attached hydrogen (secondary N) is 1. The summed E-state index contributed by atoms with van der Waals surface area (Å²) < 4.78 is 0. The maximum atomic E-state index is 12.0. The molecule has 102 valence electrons.